The Labute approximate surface area is 123 Å². The number of aromatic nitrogens is 1. The smallest absolute Gasteiger partial charge is 0.274 e. The number of ether oxygens (including phenoxy) is 1. The van der Waals surface area contributed by atoms with Crippen molar-refractivity contribution < 1.29 is 9.53 Å². The first-order chi connectivity index (χ1) is 10.3. The first-order valence-electron chi connectivity index (χ1n) is 6.99. The van der Waals surface area contributed by atoms with E-state index in [9.17, 15) is 4.79 Å². The number of benzene rings is 1. The molecule has 1 amide bonds. The molecular weight excluding hydrogens is 266 g/mol. The van der Waals surface area contributed by atoms with Gasteiger partial charge in [-0.1, -0.05) is 24.3 Å². The number of morpholine rings is 1. The van der Waals surface area contributed by atoms with Crippen molar-refractivity contribution in [1.29, 1.82) is 0 Å². The average Bonchev–Trinajstić information content (AvgIpc) is 2.57. The summed E-state index contributed by atoms with van der Waals surface area (Å²) in [5.41, 5.74) is 1.18. The van der Waals surface area contributed by atoms with Gasteiger partial charge in [0.15, 0.2) is 0 Å². The molecule has 1 N–H and O–H groups in total. The largest absolute Gasteiger partial charge is 0.378 e. The summed E-state index contributed by atoms with van der Waals surface area (Å²) in [7, 11) is 0. The molecule has 5 nitrogen and oxygen atoms in total. The minimum atomic E-state index is -0.198. The Bertz CT molecular complexity index is 610. The van der Waals surface area contributed by atoms with Crippen molar-refractivity contribution in [1.82, 2.24) is 4.98 Å². The van der Waals surface area contributed by atoms with Crippen LogP contribution in [0.5, 0.6) is 0 Å². The van der Waals surface area contributed by atoms with Crippen LogP contribution < -0.4 is 10.2 Å². The zero-order valence-electron chi connectivity index (χ0n) is 11.7. The number of hydrogen-bond donors (Lipinski definition) is 1. The number of anilines is 2. The van der Waals surface area contributed by atoms with Gasteiger partial charge in [0.2, 0.25) is 0 Å². The van der Waals surface area contributed by atoms with Crippen molar-refractivity contribution in [2.24, 2.45) is 0 Å². The molecule has 1 aliphatic rings. The molecule has 2 heterocycles. The van der Waals surface area contributed by atoms with E-state index in [-0.39, 0.29) is 5.91 Å². The molecule has 1 saturated heterocycles. The maximum absolute atomic E-state index is 12.2. The van der Waals surface area contributed by atoms with E-state index in [2.05, 4.69) is 15.2 Å². The van der Waals surface area contributed by atoms with Crippen LogP contribution >= 0.6 is 0 Å². The summed E-state index contributed by atoms with van der Waals surface area (Å²) in [6, 6.07) is 14.9. The second-order valence-corrected chi connectivity index (χ2v) is 4.80. The lowest BCUT2D eigenvalue weighted by atomic mass is 10.3. The molecular formula is C16H17N3O2. The molecule has 1 aliphatic heterocycles. The number of hydrogen-bond acceptors (Lipinski definition) is 4. The molecule has 0 spiro atoms. The van der Waals surface area contributed by atoms with Crippen LogP contribution in [0.3, 0.4) is 0 Å². The second kappa shape index (κ2) is 6.37. The second-order valence-electron chi connectivity index (χ2n) is 4.80. The third-order valence-corrected chi connectivity index (χ3v) is 3.33. The van der Waals surface area contributed by atoms with Crippen molar-refractivity contribution in [3.05, 3.63) is 54.2 Å². The number of rotatable bonds is 3. The molecule has 0 aliphatic carbocycles. The third kappa shape index (κ3) is 3.38. The monoisotopic (exact) mass is 283 g/mol. The summed E-state index contributed by atoms with van der Waals surface area (Å²) in [5.74, 6) is 0.621. The molecule has 21 heavy (non-hydrogen) atoms. The first-order valence-corrected chi connectivity index (χ1v) is 6.99. The number of amides is 1. The molecule has 1 aromatic carbocycles. The number of pyridine rings is 1. The maximum Gasteiger partial charge on any atom is 0.274 e. The fraction of sp³-hybridized carbons (Fsp3) is 0.250. The predicted molar refractivity (Wildman–Crippen MR) is 81.7 cm³/mol. The van der Waals surface area contributed by atoms with Crippen molar-refractivity contribution in [2.45, 2.75) is 0 Å². The van der Waals surface area contributed by atoms with Gasteiger partial charge in [-0.25, -0.2) is 4.98 Å². The van der Waals surface area contributed by atoms with Crippen LogP contribution in [0.15, 0.2) is 48.5 Å². The Morgan fingerprint density at radius 2 is 1.81 bits per heavy atom. The molecule has 0 unspecified atom stereocenters. The Morgan fingerprint density at radius 3 is 2.57 bits per heavy atom. The molecule has 3 rings (SSSR count). The van der Waals surface area contributed by atoms with Gasteiger partial charge in [-0.3, -0.25) is 4.79 Å². The summed E-state index contributed by atoms with van der Waals surface area (Å²) in [6.07, 6.45) is 0. The molecule has 0 bridgehead atoms. The van der Waals surface area contributed by atoms with Gasteiger partial charge in [0.1, 0.15) is 11.5 Å². The van der Waals surface area contributed by atoms with E-state index in [0.717, 1.165) is 24.6 Å². The van der Waals surface area contributed by atoms with E-state index in [1.807, 2.05) is 42.5 Å². The first kappa shape index (κ1) is 13.6. The van der Waals surface area contributed by atoms with Gasteiger partial charge in [0, 0.05) is 18.8 Å². The number of carbonyl (C=O) groups is 1. The molecule has 0 atom stereocenters. The van der Waals surface area contributed by atoms with Crippen LogP contribution in [0.1, 0.15) is 10.5 Å². The highest BCUT2D eigenvalue weighted by molar-refractivity contribution is 6.03. The van der Waals surface area contributed by atoms with Crippen molar-refractivity contribution in [3.8, 4) is 0 Å². The fourth-order valence-electron chi connectivity index (χ4n) is 2.23. The van der Waals surface area contributed by atoms with Gasteiger partial charge in [-0.2, -0.15) is 0 Å². The topological polar surface area (TPSA) is 54.5 Å². The molecule has 108 valence electrons. The molecule has 5 heteroatoms. The van der Waals surface area contributed by atoms with E-state index >= 15 is 0 Å². The minimum absolute atomic E-state index is 0.198. The van der Waals surface area contributed by atoms with Gasteiger partial charge in [-0.05, 0) is 24.3 Å². The Kier molecular flexibility index (Phi) is 4.12. The van der Waals surface area contributed by atoms with Crippen LogP contribution in [-0.2, 0) is 4.74 Å². The summed E-state index contributed by atoms with van der Waals surface area (Å²) in [6.45, 7) is 3.00. The summed E-state index contributed by atoms with van der Waals surface area (Å²) in [4.78, 5) is 18.8. The van der Waals surface area contributed by atoms with Crippen LogP contribution in [0, 0.1) is 0 Å². The van der Waals surface area contributed by atoms with Gasteiger partial charge in [-0.15, -0.1) is 0 Å². The molecule has 0 radical (unpaired) electrons. The zero-order chi connectivity index (χ0) is 14.5. The van der Waals surface area contributed by atoms with Crippen LogP contribution in [-0.4, -0.2) is 37.2 Å². The summed E-state index contributed by atoms with van der Waals surface area (Å²) < 4.78 is 5.33. The zero-order valence-corrected chi connectivity index (χ0v) is 11.7. The summed E-state index contributed by atoms with van der Waals surface area (Å²) >= 11 is 0. The van der Waals surface area contributed by atoms with Gasteiger partial charge < -0.3 is 15.0 Å². The third-order valence-electron chi connectivity index (χ3n) is 3.33. The quantitative estimate of drug-likeness (QED) is 0.938. The molecule has 0 saturated carbocycles. The number of nitrogens with zero attached hydrogens (tertiary/aromatic N) is 2. The van der Waals surface area contributed by atoms with E-state index in [4.69, 9.17) is 4.74 Å². The van der Waals surface area contributed by atoms with Gasteiger partial charge >= 0.3 is 0 Å². The fourth-order valence-corrected chi connectivity index (χ4v) is 2.23. The number of carbonyl (C=O) groups excluding carboxylic acids is 1. The van der Waals surface area contributed by atoms with Crippen LogP contribution in [0.4, 0.5) is 11.5 Å². The van der Waals surface area contributed by atoms with Crippen molar-refractivity contribution >= 4 is 17.4 Å². The van der Waals surface area contributed by atoms with E-state index < -0.39 is 0 Å². The highest BCUT2D eigenvalue weighted by atomic mass is 16.5. The number of para-hydroxylation sites is 1. The van der Waals surface area contributed by atoms with Crippen molar-refractivity contribution in [3.63, 3.8) is 0 Å². The van der Waals surface area contributed by atoms with Gasteiger partial charge in [0.25, 0.3) is 5.91 Å². The van der Waals surface area contributed by atoms with E-state index in [1.54, 1.807) is 6.07 Å². The lowest BCUT2D eigenvalue weighted by Gasteiger charge is -2.27. The Hall–Kier alpha value is -2.40. The highest BCUT2D eigenvalue weighted by Gasteiger charge is 2.14. The molecule has 2 aromatic rings. The minimum Gasteiger partial charge on any atom is -0.378 e. The average molecular weight is 283 g/mol. The van der Waals surface area contributed by atoms with Gasteiger partial charge in [0.05, 0.1) is 13.2 Å². The maximum atomic E-state index is 12.2. The lowest BCUT2D eigenvalue weighted by molar-refractivity contribution is 0.102. The SMILES string of the molecule is O=C(Nc1ccccc1)c1cccc(N2CCOCC2)n1. The highest BCUT2D eigenvalue weighted by Crippen LogP contribution is 2.14. The lowest BCUT2D eigenvalue weighted by Crippen LogP contribution is -2.37. The molecule has 1 fully saturated rings. The van der Waals surface area contributed by atoms with Crippen molar-refractivity contribution in [2.75, 3.05) is 36.5 Å². The summed E-state index contributed by atoms with van der Waals surface area (Å²) in [5, 5.41) is 2.84. The molecule has 1 aromatic heterocycles. The van der Waals surface area contributed by atoms with E-state index in [0.29, 0.717) is 18.9 Å². The standard InChI is InChI=1S/C16H17N3O2/c20-16(17-13-5-2-1-3-6-13)14-7-4-8-15(18-14)19-9-11-21-12-10-19/h1-8H,9-12H2,(H,17,20). The Morgan fingerprint density at radius 1 is 1.05 bits per heavy atom. The normalized spacial score (nSPS) is 14.8. The van der Waals surface area contributed by atoms with E-state index in [1.165, 1.54) is 0 Å². The Balaban J connectivity index is 1.74. The number of nitrogens with one attached hydrogen (secondary N) is 1. The van der Waals surface area contributed by atoms with Crippen LogP contribution in [0.25, 0.3) is 0 Å². The van der Waals surface area contributed by atoms with Crippen LogP contribution in [0.2, 0.25) is 0 Å². The predicted octanol–water partition coefficient (Wildman–Crippen LogP) is 2.17.